The molecule has 0 aliphatic carbocycles. The van der Waals surface area contributed by atoms with Gasteiger partial charge in [-0.2, -0.15) is 0 Å². The topological polar surface area (TPSA) is 97.0 Å². The second-order valence-electron chi connectivity index (χ2n) is 6.49. The molecule has 0 radical (unpaired) electrons. The summed E-state index contributed by atoms with van der Waals surface area (Å²) in [5.74, 6) is -0.490. The van der Waals surface area contributed by atoms with Crippen molar-refractivity contribution in [3.63, 3.8) is 0 Å². The molecule has 1 heterocycles. The van der Waals surface area contributed by atoms with Crippen molar-refractivity contribution in [1.82, 2.24) is 4.31 Å². The van der Waals surface area contributed by atoms with Crippen LogP contribution in [-0.2, 0) is 15.6 Å². The van der Waals surface area contributed by atoms with E-state index in [9.17, 15) is 12.8 Å². The van der Waals surface area contributed by atoms with E-state index in [1.165, 1.54) is 13.1 Å². The summed E-state index contributed by atoms with van der Waals surface area (Å²) < 4.78 is 45.5. The predicted octanol–water partition coefficient (Wildman–Crippen LogP) is 2.38. The number of nitrogens with two attached hydrogens (primary N) is 1. The highest BCUT2D eigenvalue weighted by Gasteiger charge is 2.41. The van der Waals surface area contributed by atoms with E-state index in [2.05, 4.69) is 10.3 Å². The fourth-order valence-electron chi connectivity index (χ4n) is 3.01. The third-order valence-electron chi connectivity index (χ3n) is 4.50. The summed E-state index contributed by atoms with van der Waals surface area (Å²) in [4.78, 5) is 4.25. The first-order valence-corrected chi connectivity index (χ1v) is 9.79. The zero-order valence-corrected chi connectivity index (χ0v) is 16.0. The molecule has 9 heteroatoms. The Balaban J connectivity index is 2.04. The van der Waals surface area contributed by atoms with Gasteiger partial charge < -0.3 is 15.8 Å². The number of benzene rings is 2. The summed E-state index contributed by atoms with van der Waals surface area (Å²) in [6.07, 6.45) is 0. The van der Waals surface area contributed by atoms with Crippen molar-refractivity contribution in [3.05, 3.63) is 53.8 Å². The van der Waals surface area contributed by atoms with Gasteiger partial charge in [-0.15, -0.1) is 0 Å². The molecule has 0 unspecified atom stereocenters. The average Bonchev–Trinajstić information content (AvgIpc) is 2.61. The van der Waals surface area contributed by atoms with Crippen LogP contribution in [0.4, 0.5) is 15.8 Å². The lowest BCUT2D eigenvalue weighted by atomic mass is 9.93. The summed E-state index contributed by atoms with van der Waals surface area (Å²) in [6, 6.07) is 11.7. The van der Waals surface area contributed by atoms with E-state index >= 15 is 0 Å². The number of nitrogens with one attached hydrogen (secondary N) is 1. The Hall–Kier alpha value is -2.81. The second kappa shape index (κ2) is 6.73. The van der Waals surface area contributed by atoms with Crippen molar-refractivity contribution in [2.75, 3.05) is 25.2 Å². The molecule has 0 aromatic heterocycles. The highest BCUT2D eigenvalue weighted by molar-refractivity contribution is 7.89. The zero-order valence-electron chi connectivity index (χ0n) is 15.2. The Morgan fingerprint density at radius 3 is 2.67 bits per heavy atom. The molecule has 0 bridgehead atoms. The van der Waals surface area contributed by atoms with Crippen molar-refractivity contribution in [2.45, 2.75) is 12.5 Å². The molecule has 0 saturated heterocycles. The van der Waals surface area contributed by atoms with Gasteiger partial charge in [0.1, 0.15) is 17.1 Å². The SMILES string of the molecule is COc1ccccc1Nc1ccc(F)c([C@]2(C)CS(=O)(=O)N(C)C(N)=N2)c1. The number of halogens is 1. The van der Waals surface area contributed by atoms with E-state index in [0.717, 1.165) is 4.31 Å². The number of ether oxygens (including phenoxy) is 1. The van der Waals surface area contributed by atoms with Gasteiger partial charge in [0.15, 0.2) is 0 Å². The van der Waals surface area contributed by atoms with Crippen LogP contribution in [0.2, 0.25) is 0 Å². The number of aliphatic imine (C=N–C) groups is 1. The summed E-state index contributed by atoms with van der Waals surface area (Å²) in [7, 11) is -0.818. The molecule has 0 saturated carbocycles. The van der Waals surface area contributed by atoms with E-state index in [4.69, 9.17) is 10.5 Å². The first-order valence-electron chi connectivity index (χ1n) is 8.18. The van der Waals surface area contributed by atoms with Crippen LogP contribution >= 0.6 is 0 Å². The minimum Gasteiger partial charge on any atom is -0.495 e. The maximum atomic E-state index is 14.6. The molecule has 2 aromatic rings. The first kappa shape index (κ1) is 19.0. The lowest BCUT2D eigenvalue weighted by Crippen LogP contribution is -2.50. The van der Waals surface area contributed by atoms with E-state index in [1.807, 2.05) is 18.2 Å². The molecule has 3 N–H and O–H groups in total. The van der Waals surface area contributed by atoms with Crippen LogP contribution in [-0.4, -0.2) is 38.6 Å². The van der Waals surface area contributed by atoms with Crippen LogP contribution in [0, 0.1) is 5.82 Å². The first-order chi connectivity index (χ1) is 12.7. The van der Waals surface area contributed by atoms with Crippen molar-refractivity contribution >= 4 is 27.4 Å². The smallest absolute Gasteiger partial charge is 0.239 e. The number of sulfonamides is 1. The normalized spacial score (nSPS) is 21.5. The standard InChI is InChI=1S/C18H21FN4O3S/c1-18(11-27(24,25)23(2)17(20)22-18)13-10-12(8-9-14(13)19)21-15-6-4-5-7-16(15)26-3/h4-10,21H,11H2,1-3H3,(H2,20,22)/t18-/m0/s1. The number of hydrogen-bond acceptors (Lipinski definition) is 6. The van der Waals surface area contributed by atoms with Crippen molar-refractivity contribution < 1.29 is 17.5 Å². The summed E-state index contributed by atoms with van der Waals surface area (Å²) in [5, 5.41) is 3.16. The highest BCUT2D eigenvalue weighted by Crippen LogP contribution is 2.36. The van der Waals surface area contributed by atoms with Gasteiger partial charge in [0.2, 0.25) is 16.0 Å². The van der Waals surface area contributed by atoms with Gasteiger partial charge in [-0.3, -0.25) is 0 Å². The minimum absolute atomic E-state index is 0.141. The van der Waals surface area contributed by atoms with E-state index < -0.39 is 21.4 Å². The number of hydrogen-bond donors (Lipinski definition) is 2. The fourth-order valence-corrected chi connectivity index (χ4v) is 4.46. The predicted molar refractivity (Wildman–Crippen MR) is 103 cm³/mol. The Kier molecular flexibility index (Phi) is 4.73. The summed E-state index contributed by atoms with van der Waals surface area (Å²) in [6.45, 7) is 1.55. The van der Waals surface area contributed by atoms with Gasteiger partial charge in [0, 0.05) is 18.3 Å². The lowest BCUT2D eigenvalue weighted by Gasteiger charge is -2.34. The van der Waals surface area contributed by atoms with E-state index in [0.29, 0.717) is 17.1 Å². The van der Waals surface area contributed by atoms with E-state index in [1.54, 1.807) is 32.2 Å². The van der Waals surface area contributed by atoms with Gasteiger partial charge in [-0.1, -0.05) is 12.1 Å². The number of nitrogens with zero attached hydrogens (tertiary/aromatic N) is 2. The number of methoxy groups -OCH3 is 1. The maximum absolute atomic E-state index is 14.6. The Bertz CT molecular complexity index is 1010. The van der Waals surface area contributed by atoms with Gasteiger partial charge in [-0.25, -0.2) is 22.1 Å². The molecule has 1 aliphatic rings. The summed E-state index contributed by atoms with van der Waals surface area (Å²) >= 11 is 0. The second-order valence-corrected chi connectivity index (χ2v) is 8.49. The summed E-state index contributed by atoms with van der Waals surface area (Å²) in [5.41, 5.74) is 5.83. The number of guanidine groups is 1. The van der Waals surface area contributed by atoms with Gasteiger partial charge in [0.25, 0.3) is 0 Å². The fraction of sp³-hybridized carbons (Fsp3) is 0.278. The van der Waals surface area contributed by atoms with Crippen LogP contribution < -0.4 is 15.8 Å². The largest absolute Gasteiger partial charge is 0.495 e. The number of para-hydroxylation sites is 2. The molecule has 2 aromatic carbocycles. The van der Waals surface area contributed by atoms with E-state index in [-0.39, 0.29) is 17.3 Å². The Morgan fingerprint density at radius 1 is 1.30 bits per heavy atom. The van der Waals surface area contributed by atoms with Crippen molar-refractivity contribution in [3.8, 4) is 5.75 Å². The van der Waals surface area contributed by atoms with Gasteiger partial charge in [0.05, 0.1) is 18.6 Å². The molecule has 144 valence electrons. The average molecular weight is 392 g/mol. The van der Waals surface area contributed by atoms with Crippen LogP contribution in [0.3, 0.4) is 0 Å². The Morgan fingerprint density at radius 2 is 2.00 bits per heavy atom. The highest BCUT2D eigenvalue weighted by atomic mass is 32.2. The number of anilines is 2. The molecule has 1 aliphatic heterocycles. The quantitative estimate of drug-likeness (QED) is 0.833. The third kappa shape index (κ3) is 3.55. The van der Waals surface area contributed by atoms with Crippen LogP contribution in [0.15, 0.2) is 47.5 Å². The number of rotatable bonds is 4. The zero-order chi connectivity index (χ0) is 19.8. The van der Waals surface area contributed by atoms with Gasteiger partial charge >= 0.3 is 0 Å². The van der Waals surface area contributed by atoms with Crippen LogP contribution in [0.5, 0.6) is 5.75 Å². The molecule has 27 heavy (non-hydrogen) atoms. The lowest BCUT2D eigenvalue weighted by molar-refractivity contribution is 0.417. The van der Waals surface area contributed by atoms with Crippen molar-refractivity contribution in [1.29, 1.82) is 0 Å². The van der Waals surface area contributed by atoms with Crippen LogP contribution in [0.1, 0.15) is 12.5 Å². The molecule has 0 spiro atoms. The molecular weight excluding hydrogens is 371 g/mol. The molecule has 3 rings (SSSR count). The monoisotopic (exact) mass is 392 g/mol. The minimum atomic E-state index is -3.70. The van der Waals surface area contributed by atoms with Crippen molar-refractivity contribution in [2.24, 2.45) is 10.7 Å². The molecule has 7 nitrogen and oxygen atoms in total. The molecule has 0 fully saturated rings. The maximum Gasteiger partial charge on any atom is 0.239 e. The Labute approximate surface area is 157 Å². The molecular formula is C18H21FN4O3S. The molecule has 1 atom stereocenters. The molecule has 0 amide bonds. The van der Waals surface area contributed by atoms with Crippen LogP contribution in [0.25, 0.3) is 0 Å². The third-order valence-corrected chi connectivity index (χ3v) is 6.45. The van der Waals surface area contributed by atoms with Gasteiger partial charge in [-0.05, 0) is 37.3 Å².